The van der Waals surface area contributed by atoms with E-state index in [1.165, 1.54) is 10.6 Å². The molecule has 2 heteroatoms. The van der Waals surface area contributed by atoms with Gasteiger partial charge in [-0.3, -0.25) is 0 Å². The molecule has 0 atom stereocenters. The molecule has 2 aromatic rings. The van der Waals surface area contributed by atoms with Gasteiger partial charge in [-0.2, -0.15) is 0 Å². The van der Waals surface area contributed by atoms with Gasteiger partial charge in [0.2, 0.25) is 6.54 Å². The summed E-state index contributed by atoms with van der Waals surface area (Å²) in [6.07, 6.45) is 0.951. The molecule has 2 aromatic carbocycles. The summed E-state index contributed by atoms with van der Waals surface area (Å²) in [5.41, 5.74) is 0. The molecule has 0 aliphatic carbocycles. The number of benzene rings is 2. The molecule has 0 radical (unpaired) electrons. The maximum absolute atomic E-state index is 6.96. The lowest BCUT2D eigenvalue weighted by Crippen LogP contribution is -2.14. The Labute approximate surface area is 104 Å². The molecule has 0 amide bonds. The quantitative estimate of drug-likeness (QED) is 0.570. The Bertz CT molecular complexity index is 448. The van der Waals surface area contributed by atoms with E-state index in [2.05, 4.69) is 53.4 Å². The van der Waals surface area contributed by atoms with Gasteiger partial charge in [0.25, 0.3) is 0 Å². The maximum Gasteiger partial charge on any atom is 0.219 e. The number of hydrogen-bond donors (Lipinski definition) is 0. The zero-order valence-corrected chi connectivity index (χ0v) is 10.5. The molecule has 84 valence electrons. The Hall–Kier alpha value is -1.64. The number of nitrogens with zero attached hydrogens (tertiary/aromatic N) is 1. The predicted molar refractivity (Wildman–Crippen MR) is 75.4 cm³/mol. The normalized spacial score (nSPS) is 10.1. The fraction of sp³-hybridized carbons (Fsp3) is 0.133. The topological polar surface area (TPSA) is 4.36 Å². The van der Waals surface area contributed by atoms with Gasteiger partial charge in [0.1, 0.15) is 0 Å². The minimum Gasteiger partial charge on any atom is -0.317 e. The Morgan fingerprint density at radius 3 is 1.71 bits per heavy atom. The van der Waals surface area contributed by atoms with Gasteiger partial charge >= 0.3 is 0 Å². The zero-order valence-electron chi connectivity index (χ0n) is 9.58. The van der Waals surface area contributed by atoms with Crippen LogP contribution in [0.4, 0.5) is 0 Å². The SMILES string of the molecule is [C-]#[N+]CCP(c1ccccc1)c1ccccc1. The van der Waals surface area contributed by atoms with Crippen LogP contribution in [0.15, 0.2) is 60.7 Å². The van der Waals surface area contributed by atoms with E-state index in [1.54, 1.807) is 0 Å². The van der Waals surface area contributed by atoms with Gasteiger partial charge in [-0.1, -0.05) is 60.7 Å². The van der Waals surface area contributed by atoms with E-state index in [1.807, 2.05) is 12.1 Å². The van der Waals surface area contributed by atoms with Crippen molar-refractivity contribution in [1.29, 1.82) is 0 Å². The first-order chi connectivity index (χ1) is 8.42. The zero-order chi connectivity index (χ0) is 11.9. The van der Waals surface area contributed by atoms with Gasteiger partial charge in [0.05, 0.1) is 0 Å². The van der Waals surface area contributed by atoms with E-state index in [4.69, 9.17) is 6.57 Å². The van der Waals surface area contributed by atoms with Crippen LogP contribution >= 0.6 is 7.92 Å². The van der Waals surface area contributed by atoms with Crippen molar-refractivity contribution in [3.63, 3.8) is 0 Å². The molecule has 0 fully saturated rings. The lowest BCUT2D eigenvalue weighted by atomic mass is 10.4. The molecular weight excluding hydrogens is 225 g/mol. The van der Waals surface area contributed by atoms with Crippen LogP contribution in [-0.2, 0) is 0 Å². The summed E-state index contributed by atoms with van der Waals surface area (Å²) < 4.78 is 0. The van der Waals surface area contributed by atoms with Gasteiger partial charge in [0.15, 0.2) is 0 Å². The first kappa shape index (κ1) is 11.8. The molecule has 0 saturated carbocycles. The molecule has 0 aliphatic rings. The highest BCUT2D eigenvalue weighted by molar-refractivity contribution is 7.73. The van der Waals surface area contributed by atoms with Gasteiger partial charge in [-0.15, -0.1) is 0 Å². The molecule has 1 nitrogen and oxygen atoms in total. The average molecular weight is 239 g/mol. The van der Waals surface area contributed by atoms with E-state index in [-0.39, 0.29) is 7.92 Å². The summed E-state index contributed by atoms with van der Waals surface area (Å²) in [6, 6.07) is 21.1. The van der Waals surface area contributed by atoms with E-state index >= 15 is 0 Å². The second-order valence-electron chi connectivity index (χ2n) is 3.70. The van der Waals surface area contributed by atoms with Crippen LogP contribution in [0.1, 0.15) is 0 Å². The molecular formula is C15H14NP. The standard InChI is InChI=1S/C15H14NP/c1-16-12-13-17(14-8-4-2-5-9-14)15-10-6-3-7-11-15/h2-11H,12-13H2. The van der Waals surface area contributed by atoms with Crippen LogP contribution in [0.3, 0.4) is 0 Å². The Balaban J connectivity index is 2.30. The minimum absolute atomic E-state index is 0.371. The molecule has 0 aliphatic heterocycles. The van der Waals surface area contributed by atoms with Crippen LogP contribution in [0.25, 0.3) is 4.85 Å². The van der Waals surface area contributed by atoms with Crippen molar-refractivity contribution in [3.8, 4) is 0 Å². The van der Waals surface area contributed by atoms with Crippen molar-refractivity contribution < 1.29 is 0 Å². The highest BCUT2D eigenvalue weighted by atomic mass is 31.1. The van der Waals surface area contributed by atoms with Crippen molar-refractivity contribution >= 4 is 18.5 Å². The summed E-state index contributed by atoms with van der Waals surface area (Å²) in [5.74, 6) is 0. The smallest absolute Gasteiger partial charge is 0.219 e. The van der Waals surface area contributed by atoms with Crippen LogP contribution in [0, 0.1) is 6.57 Å². The molecule has 0 spiro atoms. The third-order valence-corrected chi connectivity index (χ3v) is 5.06. The van der Waals surface area contributed by atoms with Gasteiger partial charge < -0.3 is 4.85 Å². The summed E-state index contributed by atoms with van der Waals surface area (Å²) in [7, 11) is -0.371. The summed E-state index contributed by atoms with van der Waals surface area (Å²) in [5, 5.41) is 2.72. The minimum atomic E-state index is -0.371. The molecule has 0 saturated heterocycles. The molecule has 0 aromatic heterocycles. The predicted octanol–water partition coefficient (Wildman–Crippen LogP) is 3.04. The van der Waals surface area contributed by atoms with Gasteiger partial charge in [-0.05, 0) is 18.5 Å². The fourth-order valence-electron chi connectivity index (χ4n) is 1.77. The molecule has 0 N–H and O–H groups in total. The third-order valence-electron chi connectivity index (χ3n) is 2.57. The van der Waals surface area contributed by atoms with Crippen molar-refractivity contribution in [3.05, 3.63) is 72.1 Å². The third kappa shape index (κ3) is 3.16. The van der Waals surface area contributed by atoms with Crippen LogP contribution in [0.2, 0.25) is 0 Å². The van der Waals surface area contributed by atoms with Crippen LogP contribution in [-0.4, -0.2) is 12.7 Å². The molecule has 0 unspecified atom stereocenters. The molecule has 2 rings (SSSR count). The van der Waals surface area contributed by atoms with Gasteiger partial charge in [0, 0.05) is 6.16 Å². The first-order valence-electron chi connectivity index (χ1n) is 5.62. The van der Waals surface area contributed by atoms with Crippen LogP contribution in [0.5, 0.6) is 0 Å². The van der Waals surface area contributed by atoms with Crippen LogP contribution < -0.4 is 10.6 Å². The number of hydrogen-bond acceptors (Lipinski definition) is 0. The van der Waals surface area contributed by atoms with Crippen molar-refractivity contribution in [1.82, 2.24) is 0 Å². The average Bonchev–Trinajstić information content (AvgIpc) is 2.42. The summed E-state index contributed by atoms with van der Waals surface area (Å²) in [4.78, 5) is 3.49. The highest BCUT2D eigenvalue weighted by Crippen LogP contribution is 2.32. The van der Waals surface area contributed by atoms with Crippen molar-refractivity contribution in [2.75, 3.05) is 12.7 Å². The summed E-state index contributed by atoms with van der Waals surface area (Å²) in [6.45, 7) is 7.56. The summed E-state index contributed by atoms with van der Waals surface area (Å²) >= 11 is 0. The largest absolute Gasteiger partial charge is 0.317 e. The monoisotopic (exact) mass is 239 g/mol. The Kier molecular flexibility index (Phi) is 4.30. The molecule has 0 heterocycles. The lowest BCUT2D eigenvalue weighted by Gasteiger charge is -2.15. The van der Waals surface area contributed by atoms with E-state index < -0.39 is 0 Å². The lowest BCUT2D eigenvalue weighted by molar-refractivity contribution is 1.35. The number of rotatable bonds is 4. The Morgan fingerprint density at radius 1 is 0.824 bits per heavy atom. The van der Waals surface area contributed by atoms with Crippen molar-refractivity contribution in [2.45, 2.75) is 0 Å². The van der Waals surface area contributed by atoms with Crippen molar-refractivity contribution in [2.24, 2.45) is 0 Å². The molecule has 0 bridgehead atoms. The maximum atomic E-state index is 6.96. The van der Waals surface area contributed by atoms with E-state index in [9.17, 15) is 0 Å². The second-order valence-corrected chi connectivity index (χ2v) is 6.04. The molecule has 17 heavy (non-hydrogen) atoms. The van der Waals surface area contributed by atoms with E-state index in [0.29, 0.717) is 6.54 Å². The van der Waals surface area contributed by atoms with E-state index in [0.717, 1.165) is 6.16 Å². The first-order valence-corrected chi connectivity index (χ1v) is 7.15. The second kappa shape index (κ2) is 6.18. The fourth-order valence-corrected chi connectivity index (χ4v) is 3.95. The Morgan fingerprint density at radius 2 is 1.29 bits per heavy atom. The highest BCUT2D eigenvalue weighted by Gasteiger charge is 2.13. The van der Waals surface area contributed by atoms with Gasteiger partial charge in [-0.25, -0.2) is 6.57 Å².